The van der Waals surface area contributed by atoms with Gasteiger partial charge in [-0.05, 0) is 38.5 Å². The maximum absolute atomic E-state index is 10.9. The van der Waals surface area contributed by atoms with E-state index in [1.165, 1.54) is 0 Å². The highest BCUT2D eigenvalue weighted by molar-refractivity contribution is 5.68. The maximum Gasteiger partial charge on any atom is 0.304 e. The zero-order valence-electron chi connectivity index (χ0n) is 11.1. The summed E-state index contributed by atoms with van der Waals surface area (Å²) >= 11 is 0. The van der Waals surface area contributed by atoms with Gasteiger partial charge in [0.1, 0.15) is 5.75 Å². The molecule has 4 nitrogen and oxygen atoms in total. The molecule has 0 spiro atoms. The molecule has 0 heterocycles. The number of carboxylic acids is 1. The van der Waals surface area contributed by atoms with E-state index in [2.05, 4.69) is 0 Å². The fraction of sp³-hybridized carbons (Fsp3) is 0.500. The Bertz CT molecular complexity index is 402. The van der Waals surface area contributed by atoms with Crippen molar-refractivity contribution in [3.8, 4) is 5.75 Å². The quantitative estimate of drug-likeness (QED) is 0.814. The second kappa shape index (κ2) is 6.40. The van der Waals surface area contributed by atoms with E-state index in [4.69, 9.17) is 15.6 Å². The monoisotopic (exact) mass is 251 g/mol. The van der Waals surface area contributed by atoms with Crippen LogP contribution in [0.2, 0.25) is 0 Å². The van der Waals surface area contributed by atoms with Gasteiger partial charge in [0.25, 0.3) is 0 Å². The second-order valence-electron chi connectivity index (χ2n) is 4.80. The Kier molecular flexibility index (Phi) is 5.16. The topological polar surface area (TPSA) is 72.5 Å². The molecule has 0 aromatic heterocycles. The van der Waals surface area contributed by atoms with Gasteiger partial charge in [-0.15, -0.1) is 0 Å². The van der Waals surface area contributed by atoms with Crippen molar-refractivity contribution < 1.29 is 14.6 Å². The summed E-state index contributed by atoms with van der Waals surface area (Å²) in [6, 6.07) is 7.28. The van der Waals surface area contributed by atoms with Crippen molar-refractivity contribution in [3.05, 3.63) is 29.8 Å². The van der Waals surface area contributed by atoms with Gasteiger partial charge in [0.2, 0.25) is 0 Å². The molecular formula is C14H21NO3. The Morgan fingerprint density at radius 1 is 1.39 bits per heavy atom. The van der Waals surface area contributed by atoms with E-state index in [1.54, 1.807) is 0 Å². The van der Waals surface area contributed by atoms with E-state index in [1.807, 2.05) is 45.0 Å². The highest BCUT2D eigenvalue weighted by Gasteiger charge is 2.20. The third-order valence-corrected chi connectivity index (χ3v) is 2.69. The number of aliphatic carboxylic acids is 1. The standard InChI is InChI=1S/C14H21NO3/c1-9(2)18-12-6-4-5-11(7-12)13(10(3)15)8-14(16)17/h4-7,9-10,13H,8,15H2,1-3H3,(H,16,17). The molecule has 0 amide bonds. The summed E-state index contributed by atoms with van der Waals surface area (Å²) in [7, 11) is 0. The molecule has 2 unspecified atom stereocenters. The first-order valence-corrected chi connectivity index (χ1v) is 6.14. The third-order valence-electron chi connectivity index (χ3n) is 2.69. The molecule has 3 N–H and O–H groups in total. The van der Waals surface area contributed by atoms with E-state index in [9.17, 15) is 4.79 Å². The molecule has 0 fully saturated rings. The van der Waals surface area contributed by atoms with Crippen molar-refractivity contribution in [1.82, 2.24) is 0 Å². The second-order valence-corrected chi connectivity index (χ2v) is 4.80. The molecule has 0 radical (unpaired) electrons. The molecule has 0 aliphatic carbocycles. The highest BCUT2D eigenvalue weighted by atomic mass is 16.5. The molecule has 4 heteroatoms. The molecule has 1 aromatic rings. The molecule has 0 aliphatic heterocycles. The number of nitrogens with two attached hydrogens (primary N) is 1. The number of ether oxygens (including phenoxy) is 1. The fourth-order valence-corrected chi connectivity index (χ4v) is 1.89. The van der Waals surface area contributed by atoms with Crippen LogP contribution in [0.1, 0.15) is 38.7 Å². The summed E-state index contributed by atoms with van der Waals surface area (Å²) in [6.45, 7) is 5.73. The average Bonchev–Trinajstić information content (AvgIpc) is 2.24. The van der Waals surface area contributed by atoms with Gasteiger partial charge in [0.05, 0.1) is 12.5 Å². The minimum atomic E-state index is -0.840. The fourth-order valence-electron chi connectivity index (χ4n) is 1.89. The van der Waals surface area contributed by atoms with Gasteiger partial charge in [0.15, 0.2) is 0 Å². The third kappa shape index (κ3) is 4.37. The van der Waals surface area contributed by atoms with Gasteiger partial charge in [-0.25, -0.2) is 0 Å². The van der Waals surface area contributed by atoms with Crippen LogP contribution < -0.4 is 10.5 Å². The number of carboxylic acid groups (broad SMARTS) is 1. The number of carbonyl (C=O) groups is 1. The predicted molar refractivity (Wildman–Crippen MR) is 70.8 cm³/mol. The van der Waals surface area contributed by atoms with Crippen molar-refractivity contribution in [2.24, 2.45) is 5.73 Å². The first-order valence-electron chi connectivity index (χ1n) is 6.14. The molecule has 1 rings (SSSR count). The zero-order chi connectivity index (χ0) is 13.7. The van der Waals surface area contributed by atoms with Crippen LogP contribution in [-0.4, -0.2) is 23.2 Å². The average molecular weight is 251 g/mol. The Morgan fingerprint density at radius 3 is 2.56 bits per heavy atom. The van der Waals surface area contributed by atoms with Crippen LogP contribution >= 0.6 is 0 Å². The van der Waals surface area contributed by atoms with Crippen LogP contribution in [0, 0.1) is 0 Å². The van der Waals surface area contributed by atoms with Crippen LogP contribution in [0.3, 0.4) is 0 Å². The molecule has 0 saturated carbocycles. The summed E-state index contributed by atoms with van der Waals surface area (Å²) in [5, 5.41) is 8.92. The molecule has 0 aliphatic rings. The summed E-state index contributed by atoms with van der Waals surface area (Å²) in [4.78, 5) is 10.9. The summed E-state index contributed by atoms with van der Waals surface area (Å²) in [6.07, 6.45) is 0.122. The van der Waals surface area contributed by atoms with Crippen LogP contribution in [-0.2, 0) is 4.79 Å². The van der Waals surface area contributed by atoms with E-state index in [0.717, 1.165) is 11.3 Å². The van der Waals surface area contributed by atoms with Gasteiger partial charge >= 0.3 is 5.97 Å². The summed E-state index contributed by atoms with van der Waals surface area (Å²) in [5.41, 5.74) is 6.77. The van der Waals surface area contributed by atoms with Gasteiger partial charge in [-0.3, -0.25) is 4.79 Å². The van der Waals surface area contributed by atoms with Gasteiger partial charge < -0.3 is 15.6 Å². The van der Waals surface area contributed by atoms with E-state index in [-0.39, 0.29) is 24.5 Å². The number of hydrogen-bond acceptors (Lipinski definition) is 3. The Morgan fingerprint density at radius 2 is 2.06 bits per heavy atom. The Labute approximate surface area is 108 Å². The molecule has 2 atom stereocenters. The zero-order valence-corrected chi connectivity index (χ0v) is 11.1. The molecular weight excluding hydrogens is 230 g/mol. The van der Waals surface area contributed by atoms with Crippen molar-refractivity contribution in [3.63, 3.8) is 0 Å². The summed E-state index contributed by atoms with van der Waals surface area (Å²) < 4.78 is 5.60. The number of hydrogen-bond donors (Lipinski definition) is 2. The van der Waals surface area contributed by atoms with Crippen molar-refractivity contribution in [1.29, 1.82) is 0 Å². The van der Waals surface area contributed by atoms with Crippen molar-refractivity contribution in [2.75, 3.05) is 0 Å². The largest absolute Gasteiger partial charge is 0.491 e. The lowest BCUT2D eigenvalue weighted by Gasteiger charge is -2.20. The van der Waals surface area contributed by atoms with Crippen LogP contribution in [0.5, 0.6) is 5.75 Å². The molecule has 1 aromatic carbocycles. The normalized spacial score (nSPS) is 14.3. The van der Waals surface area contributed by atoms with Crippen molar-refractivity contribution >= 4 is 5.97 Å². The lowest BCUT2D eigenvalue weighted by Crippen LogP contribution is -2.26. The van der Waals surface area contributed by atoms with E-state index >= 15 is 0 Å². The van der Waals surface area contributed by atoms with E-state index in [0.29, 0.717) is 0 Å². The predicted octanol–water partition coefficient (Wildman–Crippen LogP) is 2.38. The van der Waals surface area contributed by atoms with Gasteiger partial charge in [0, 0.05) is 12.0 Å². The van der Waals surface area contributed by atoms with Crippen LogP contribution in [0.15, 0.2) is 24.3 Å². The minimum Gasteiger partial charge on any atom is -0.491 e. The van der Waals surface area contributed by atoms with Crippen LogP contribution in [0.4, 0.5) is 0 Å². The number of rotatable bonds is 6. The number of benzene rings is 1. The first kappa shape index (κ1) is 14.5. The van der Waals surface area contributed by atoms with Crippen molar-refractivity contribution in [2.45, 2.75) is 45.3 Å². The first-order chi connectivity index (χ1) is 8.40. The molecule has 100 valence electrons. The van der Waals surface area contributed by atoms with Crippen LogP contribution in [0.25, 0.3) is 0 Å². The summed E-state index contributed by atoms with van der Waals surface area (Å²) in [5.74, 6) is -0.288. The van der Waals surface area contributed by atoms with Gasteiger partial charge in [-0.2, -0.15) is 0 Å². The minimum absolute atomic E-state index is 0.0306. The SMILES string of the molecule is CC(C)Oc1cccc(C(CC(=O)O)C(C)N)c1. The molecule has 0 saturated heterocycles. The molecule has 18 heavy (non-hydrogen) atoms. The van der Waals surface area contributed by atoms with E-state index < -0.39 is 5.97 Å². The maximum atomic E-state index is 10.9. The Balaban J connectivity index is 2.94. The lowest BCUT2D eigenvalue weighted by atomic mass is 9.90. The smallest absolute Gasteiger partial charge is 0.304 e. The van der Waals surface area contributed by atoms with Gasteiger partial charge in [-0.1, -0.05) is 12.1 Å². The highest BCUT2D eigenvalue weighted by Crippen LogP contribution is 2.26. The Hall–Kier alpha value is -1.55. The molecule has 0 bridgehead atoms. The lowest BCUT2D eigenvalue weighted by molar-refractivity contribution is -0.137.